The van der Waals surface area contributed by atoms with Gasteiger partial charge in [-0.2, -0.15) is 0 Å². The van der Waals surface area contributed by atoms with Crippen LogP contribution in [0.25, 0.3) is 0 Å². The van der Waals surface area contributed by atoms with Crippen molar-refractivity contribution in [1.82, 2.24) is 5.32 Å². The van der Waals surface area contributed by atoms with Gasteiger partial charge in [0, 0.05) is 6.42 Å². The second kappa shape index (κ2) is 56.2. The molecule has 1 fully saturated rings. The van der Waals surface area contributed by atoms with Crippen LogP contribution in [0.5, 0.6) is 0 Å². The number of allylic oxidation sites excluding steroid dienone is 2. The Labute approximate surface area is 465 Å². The van der Waals surface area contributed by atoms with Gasteiger partial charge < -0.3 is 40.3 Å². The van der Waals surface area contributed by atoms with Crippen molar-refractivity contribution in [1.29, 1.82) is 0 Å². The van der Waals surface area contributed by atoms with E-state index in [-0.39, 0.29) is 12.5 Å². The molecule has 75 heavy (non-hydrogen) atoms. The molecule has 0 radical (unpaired) electrons. The number of aliphatic hydroxyl groups is 5. The maximum atomic E-state index is 13.1. The Balaban J connectivity index is 2.13. The molecule has 0 aliphatic carbocycles. The van der Waals surface area contributed by atoms with Crippen molar-refractivity contribution in [3.8, 4) is 0 Å². The van der Waals surface area contributed by atoms with Crippen LogP contribution >= 0.6 is 0 Å². The van der Waals surface area contributed by atoms with Gasteiger partial charge >= 0.3 is 0 Å². The fraction of sp³-hybridized carbons (Fsp3) is 0.955. The Hall–Kier alpha value is -1.07. The van der Waals surface area contributed by atoms with Gasteiger partial charge in [-0.25, -0.2) is 0 Å². The van der Waals surface area contributed by atoms with Gasteiger partial charge in [0.05, 0.1) is 25.4 Å². The van der Waals surface area contributed by atoms with Crippen LogP contribution in [0, 0.1) is 0 Å². The summed E-state index contributed by atoms with van der Waals surface area (Å²) in [6.07, 6.45) is 64.1. The van der Waals surface area contributed by atoms with Crippen LogP contribution in [-0.2, 0) is 14.3 Å². The number of aliphatic hydroxyl groups excluding tert-OH is 5. The van der Waals surface area contributed by atoms with Crippen molar-refractivity contribution in [2.24, 2.45) is 0 Å². The minimum Gasteiger partial charge on any atom is -0.394 e. The van der Waals surface area contributed by atoms with Crippen LogP contribution in [0.4, 0.5) is 0 Å². The first-order valence-corrected chi connectivity index (χ1v) is 33.4. The molecule has 446 valence electrons. The molecule has 1 aliphatic rings. The maximum Gasteiger partial charge on any atom is 0.220 e. The van der Waals surface area contributed by atoms with Crippen LogP contribution in [0.2, 0.25) is 0 Å². The highest BCUT2D eigenvalue weighted by atomic mass is 16.7. The van der Waals surface area contributed by atoms with Crippen molar-refractivity contribution < 1.29 is 39.8 Å². The Morgan fingerprint density at radius 1 is 0.440 bits per heavy atom. The van der Waals surface area contributed by atoms with Crippen LogP contribution in [0.1, 0.15) is 348 Å². The fourth-order valence-electron chi connectivity index (χ4n) is 11.1. The summed E-state index contributed by atoms with van der Waals surface area (Å²) in [4.78, 5) is 13.1. The third kappa shape index (κ3) is 45.4. The predicted molar refractivity (Wildman–Crippen MR) is 318 cm³/mol. The average Bonchev–Trinajstić information content (AvgIpc) is 3.41. The second-order valence-corrected chi connectivity index (χ2v) is 23.6. The number of rotatable bonds is 59. The molecule has 9 heteroatoms. The third-order valence-corrected chi connectivity index (χ3v) is 16.4. The molecule has 7 atom stereocenters. The average molecular weight is 1060 g/mol. The van der Waals surface area contributed by atoms with Crippen molar-refractivity contribution in [3.63, 3.8) is 0 Å². The monoisotopic (exact) mass is 1060 g/mol. The lowest BCUT2D eigenvalue weighted by molar-refractivity contribution is -0.302. The third-order valence-electron chi connectivity index (χ3n) is 16.4. The van der Waals surface area contributed by atoms with Crippen molar-refractivity contribution >= 4 is 5.91 Å². The fourth-order valence-corrected chi connectivity index (χ4v) is 11.1. The molecule has 6 N–H and O–H groups in total. The van der Waals surface area contributed by atoms with Gasteiger partial charge in [-0.3, -0.25) is 4.79 Å². The van der Waals surface area contributed by atoms with Crippen LogP contribution in [0.3, 0.4) is 0 Å². The number of carbonyl (C=O) groups excluding carboxylic acids is 1. The molecule has 1 rings (SSSR count). The summed E-state index contributed by atoms with van der Waals surface area (Å²) < 4.78 is 11.4. The second-order valence-electron chi connectivity index (χ2n) is 23.6. The van der Waals surface area contributed by atoms with E-state index < -0.39 is 49.5 Å². The molecule has 0 spiro atoms. The molecular formula is C66H129NO8. The van der Waals surface area contributed by atoms with Gasteiger partial charge in [-0.15, -0.1) is 0 Å². The maximum absolute atomic E-state index is 13.1. The number of hydrogen-bond acceptors (Lipinski definition) is 8. The molecule has 9 nitrogen and oxygen atoms in total. The number of hydrogen-bond donors (Lipinski definition) is 6. The summed E-state index contributed by atoms with van der Waals surface area (Å²) in [5.74, 6) is -0.136. The summed E-state index contributed by atoms with van der Waals surface area (Å²) in [5.41, 5.74) is 0. The molecule has 1 aliphatic heterocycles. The van der Waals surface area contributed by atoms with E-state index in [9.17, 15) is 30.3 Å². The van der Waals surface area contributed by atoms with E-state index >= 15 is 0 Å². The zero-order valence-corrected chi connectivity index (χ0v) is 49.8. The predicted octanol–water partition coefficient (Wildman–Crippen LogP) is 17.5. The van der Waals surface area contributed by atoms with Crippen molar-refractivity contribution in [2.45, 2.75) is 391 Å². The van der Waals surface area contributed by atoms with Gasteiger partial charge in [0.25, 0.3) is 0 Å². The summed E-state index contributed by atoms with van der Waals surface area (Å²) in [7, 11) is 0. The Bertz CT molecular complexity index is 1190. The van der Waals surface area contributed by atoms with Crippen molar-refractivity contribution in [3.05, 3.63) is 12.2 Å². The topological polar surface area (TPSA) is 149 Å². The number of unbranched alkanes of at least 4 members (excludes halogenated alkanes) is 47. The Morgan fingerprint density at radius 2 is 0.747 bits per heavy atom. The highest BCUT2D eigenvalue weighted by molar-refractivity contribution is 5.76. The zero-order chi connectivity index (χ0) is 54.3. The van der Waals surface area contributed by atoms with Gasteiger partial charge in [0.1, 0.15) is 24.4 Å². The first-order valence-electron chi connectivity index (χ1n) is 33.4. The van der Waals surface area contributed by atoms with E-state index in [1.165, 1.54) is 283 Å². The molecular weight excluding hydrogens is 935 g/mol. The molecule has 0 aromatic heterocycles. The van der Waals surface area contributed by atoms with E-state index in [4.69, 9.17) is 9.47 Å². The van der Waals surface area contributed by atoms with E-state index in [2.05, 4.69) is 31.3 Å². The SMILES string of the molecule is CCCCCCCCCC/C=C\CCCCCCCCCCCCCCCCCC(=O)NC(COC1OC(CO)C(O)C(O)C1O)C(O)CCCCCCCCCCCCCCCCCCCCCCCCCCC. The Kier molecular flexibility index (Phi) is 53.9. The molecule has 7 unspecified atom stereocenters. The number of carbonyl (C=O) groups is 1. The standard InChI is InChI=1S/C66H129NO8/c1-3-5-7-9-11-13-15-17-19-21-23-25-27-29-30-32-34-36-38-40-42-44-46-48-50-52-54-56-62(70)67-59(58-74-66-65(73)64(72)63(71)61(57-68)75-66)60(69)55-53-51-49-47-45-43-41-39-37-35-33-31-28-26-24-22-20-18-16-14-12-10-8-6-4-2/h21,23,59-61,63-66,68-69,71-73H,3-20,22,24-58H2,1-2H3,(H,67,70)/b23-21-. The number of ether oxygens (including phenoxy) is 2. The molecule has 1 heterocycles. The van der Waals surface area contributed by atoms with Gasteiger partial charge in [0.2, 0.25) is 5.91 Å². The molecule has 0 saturated carbocycles. The molecule has 1 saturated heterocycles. The molecule has 0 aromatic rings. The Morgan fingerprint density at radius 3 is 1.08 bits per heavy atom. The normalized spacial score (nSPS) is 18.8. The molecule has 1 amide bonds. The van der Waals surface area contributed by atoms with Crippen LogP contribution in [0.15, 0.2) is 12.2 Å². The lowest BCUT2D eigenvalue weighted by Gasteiger charge is -2.40. The van der Waals surface area contributed by atoms with Crippen LogP contribution < -0.4 is 5.32 Å². The van der Waals surface area contributed by atoms with E-state index in [1.54, 1.807) is 0 Å². The van der Waals surface area contributed by atoms with Crippen LogP contribution in [-0.4, -0.2) is 87.5 Å². The lowest BCUT2D eigenvalue weighted by Crippen LogP contribution is -2.60. The lowest BCUT2D eigenvalue weighted by atomic mass is 9.99. The largest absolute Gasteiger partial charge is 0.394 e. The highest BCUT2D eigenvalue weighted by Crippen LogP contribution is 2.24. The van der Waals surface area contributed by atoms with E-state index in [1.807, 2.05) is 0 Å². The molecule has 0 bridgehead atoms. The first-order chi connectivity index (χ1) is 36.8. The van der Waals surface area contributed by atoms with Gasteiger partial charge in [-0.05, 0) is 38.5 Å². The minimum absolute atomic E-state index is 0.132. The van der Waals surface area contributed by atoms with E-state index in [0.717, 1.165) is 38.5 Å². The van der Waals surface area contributed by atoms with E-state index in [0.29, 0.717) is 12.8 Å². The van der Waals surface area contributed by atoms with Gasteiger partial charge in [0.15, 0.2) is 6.29 Å². The number of nitrogens with one attached hydrogen (secondary N) is 1. The minimum atomic E-state index is -1.55. The summed E-state index contributed by atoms with van der Waals surface area (Å²) >= 11 is 0. The number of amides is 1. The molecule has 0 aromatic carbocycles. The summed E-state index contributed by atoms with van der Waals surface area (Å²) in [5, 5.41) is 54.9. The van der Waals surface area contributed by atoms with Crippen molar-refractivity contribution in [2.75, 3.05) is 13.2 Å². The summed E-state index contributed by atoms with van der Waals surface area (Å²) in [6, 6.07) is -0.717. The first kappa shape index (κ1) is 71.9. The smallest absolute Gasteiger partial charge is 0.220 e. The highest BCUT2D eigenvalue weighted by Gasteiger charge is 2.44. The van der Waals surface area contributed by atoms with Gasteiger partial charge in [-0.1, -0.05) is 315 Å². The zero-order valence-electron chi connectivity index (χ0n) is 49.8. The summed E-state index contributed by atoms with van der Waals surface area (Å²) in [6.45, 7) is 3.90. The quantitative estimate of drug-likeness (QED) is 0.0261.